The minimum Gasteiger partial charge on any atom is -0.472 e. The topological polar surface area (TPSA) is 102 Å². The van der Waals surface area contributed by atoms with Crippen LogP contribution in [0.25, 0.3) is 11.1 Å². The minimum atomic E-state index is -0.658. The Morgan fingerprint density at radius 2 is 2.15 bits per heavy atom. The van der Waals surface area contributed by atoms with E-state index in [2.05, 4.69) is 0 Å². The van der Waals surface area contributed by atoms with Crippen molar-refractivity contribution in [3.05, 3.63) is 54.4 Å². The summed E-state index contributed by atoms with van der Waals surface area (Å²) >= 11 is 0. The fourth-order valence-corrected chi connectivity index (χ4v) is 1.90. The number of fused-ring (bicyclic) bond motifs is 1. The van der Waals surface area contributed by atoms with E-state index in [-0.39, 0.29) is 17.3 Å². The van der Waals surface area contributed by atoms with Gasteiger partial charge >= 0.3 is 5.97 Å². The summed E-state index contributed by atoms with van der Waals surface area (Å²) in [5, 5.41) is 7.56. The van der Waals surface area contributed by atoms with Crippen LogP contribution in [0.1, 0.15) is 16.1 Å². The number of nitrogens with one attached hydrogen (secondary N) is 1. The zero-order valence-corrected chi connectivity index (χ0v) is 10.3. The molecular formula is C14H10N2O4. The van der Waals surface area contributed by atoms with Crippen molar-refractivity contribution < 1.29 is 18.4 Å². The Balaban J connectivity index is 2.04. The molecule has 0 spiro atoms. The summed E-state index contributed by atoms with van der Waals surface area (Å²) in [6.45, 7) is 0. The second kappa shape index (κ2) is 4.58. The summed E-state index contributed by atoms with van der Waals surface area (Å²) in [7, 11) is 0. The number of furan rings is 1. The van der Waals surface area contributed by atoms with Gasteiger partial charge in [-0.15, -0.1) is 0 Å². The van der Waals surface area contributed by atoms with Gasteiger partial charge in [-0.25, -0.2) is 4.79 Å². The lowest BCUT2D eigenvalue weighted by Gasteiger charge is -2.05. The van der Waals surface area contributed by atoms with Crippen LogP contribution in [0.2, 0.25) is 0 Å². The molecule has 20 heavy (non-hydrogen) atoms. The van der Waals surface area contributed by atoms with Crippen LogP contribution in [-0.2, 0) is 0 Å². The molecule has 1 aromatic rings. The Morgan fingerprint density at radius 1 is 1.30 bits per heavy atom. The number of rotatable bonds is 3. The smallest absolute Gasteiger partial charge is 0.379 e. The molecule has 1 aliphatic carbocycles. The number of carbonyl (C=O) groups is 1. The van der Waals surface area contributed by atoms with Crippen molar-refractivity contribution in [2.45, 2.75) is 0 Å². The molecule has 0 aromatic carbocycles. The molecule has 0 unspecified atom stereocenters. The maximum Gasteiger partial charge on any atom is 0.379 e. The first-order chi connectivity index (χ1) is 9.66. The highest BCUT2D eigenvalue weighted by atomic mass is 16.5. The van der Waals surface area contributed by atoms with Gasteiger partial charge in [-0.3, -0.25) is 5.41 Å². The van der Waals surface area contributed by atoms with Crippen molar-refractivity contribution in [3.8, 4) is 16.9 Å². The van der Waals surface area contributed by atoms with E-state index in [1.54, 1.807) is 18.2 Å². The predicted octanol–water partition coefficient (Wildman–Crippen LogP) is 2.48. The number of esters is 1. The summed E-state index contributed by atoms with van der Waals surface area (Å²) in [5.41, 5.74) is 7.18. The van der Waals surface area contributed by atoms with E-state index in [0.29, 0.717) is 11.1 Å². The minimum absolute atomic E-state index is 0.0710. The maximum atomic E-state index is 11.9. The van der Waals surface area contributed by atoms with Gasteiger partial charge in [0.2, 0.25) is 5.76 Å². The molecule has 3 rings (SSSR count). The molecular weight excluding hydrogens is 260 g/mol. The Labute approximate surface area is 113 Å². The molecule has 3 N–H and O–H groups in total. The second-order valence-corrected chi connectivity index (χ2v) is 4.09. The first kappa shape index (κ1) is 12.0. The lowest BCUT2D eigenvalue weighted by Crippen LogP contribution is -2.14. The lowest BCUT2D eigenvalue weighted by atomic mass is 10.2. The molecule has 0 bridgehead atoms. The van der Waals surface area contributed by atoms with Crippen LogP contribution in [0.15, 0.2) is 51.9 Å². The number of carbonyl (C=O) groups excluding carboxylic acids is 1. The van der Waals surface area contributed by atoms with Crippen molar-refractivity contribution in [2.24, 2.45) is 5.73 Å². The third kappa shape index (κ3) is 1.93. The Kier molecular flexibility index (Phi) is 2.76. The normalized spacial score (nSPS) is 10.6. The Morgan fingerprint density at radius 3 is 2.85 bits per heavy atom. The highest BCUT2D eigenvalue weighted by molar-refractivity contribution is 6.04. The van der Waals surface area contributed by atoms with Crippen LogP contribution < -0.4 is 10.5 Å². The molecule has 1 aromatic heterocycles. The fourth-order valence-electron chi connectivity index (χ4n) is 1.90. The van der Waals surface area contributed by atoms with Gasteiger partial charge in [0.1, 0.15) is 12.1 Å². The predicted molar refractivity (Wildman–Crippen MR) is 70.0 cm³/mol. The van der Waals surface area contributed by atoms with Crippen LogP contribution >= 0.6 is 0 Å². The maximum absolute atomic E-state index is 11.9. The molecule has 0 saturated heterocycles. The first-order valence-corrected chi connectivity index (χ1v) is 5.76. The zero-order chi connectivity index (χ0) is 14.1. The molecule has 0 radical (unpaired) electrons. The van der Waals surface area contributed by atoms with Crippen LogP contribution in [0.5, 0.6) is 5.75 Å². The van der Waals surface area contributed by atoms with Crippen LogP contribution in [-0.4, -0.2) is 11.8 Å². The average molecular weight is 270 g/mol. The average Bonchev–Trinajstić information content (AvgIpc) is 3.06. The van der Waals surface area contributed by atoms with Crippen molar-refractivity contribution in [2.75, 3.05) is 0 Å². The van der Waals surface area contributed by atoms with E-state index in [0.717, 1.165) is 5.56 Å². The van der Waals surface area contributed by atoms with Gasteiger partial charge in [0.05, 0.1) is 23.7 Å². The highest BCUT2D eigenvalue weighted by Gasteiger charge is 2.23. The van der Waals surface area contributed by atoms with E-state index in [9.17, 15) is 4.79 Å². The third-order valence-corrected chi connectivity index (χ3v) is 2.82. The van der Waals surface area contributed by atoms with Crippen LogP contribution in [0, 0.1) is 5.41 Å². The largest absolute Gasteiger partial charge is 0.472 e. The highest BCUT2D eigenvalue weighted by Crippen LogP contribution is 2.38. The van der Waals surface area contributed by atoms with Gasteiger partial charge in [0, 0.05) is 0 Å². The van der Waals surface area contributed by atoms with Gasteiger partial charge < -0.3 is 19.3 Å². The van der Waals surface area contributed by atoms with E-state index < -0.39 is 5.97 Å². The molecule has 0 fully saturated rings. The monoisotopic (exact) mass is 270 g/mol. The standard InChI is InChI=1S/C14H10N2O4/c15-13(16)9-6-8-3-5-18-7-10(8)12(9)20-14(17)11-2-1-4-19-11/h1-7H,(H3,15,16). The summed E-state index contributed by atoms with van der Waals surface area (Å²) < 4.78 is 15.3. The molecule has 100 valence electrons. The quantitative estimate of drug-likeness (QED) is 0.432. The van der Waals surface area contributed by atoms with Crippen molar-refractivity contribution in [1.29, 1.82) is 5.41 Å². The summed E-state index contributed by atoms with van der Waals surface area (Å²) in [6, 6.07) is 6.44. The van der Waals surface area contributed by atoms with Gasteiger partial charge in [-0.05, 0) is 29.8 Å². The molecule has 2 aliphatic rings. The van der Waals surface area contributed by atoms with Crippen LogP contribution in [0.4, 0.5) is 0 Å². The van der Waals surface area contributed by atoms with E-state index >= 15 is 0 Å². The van der Waals surface area contributed by atoms with Crippen molar-refractivity contribution in [1.82, 2.24) is 0 Å². The SMILES string of the molecule is N=C(N)c1cc2ccocc-2c1OC(=O)c1ccco1. The van der Waals surface area contributed by atoms with E-state index in [1.165, 1.54) is 24.9 Å². The lowest BCUT2D eigenvalue weighted by molar-refractivity contribution is 0.0702. The van der Waals surface area contributed by atoms with Crippen LogP contribution in [0.3, 0.4) is 0 Å². The molecule has 6 heteroatoms. The number of amidine groups is 1. The summed E-state index contributed by atoms with van der Waals surface area (Å²) in [6.07, 6.45) is 4.30. The molecule has 0 amide bonds. The third-order valence-electron chi connectivity index (χ3n) is 2.82. The molecule has 0 saturated carbocycles. The fraction of sp³-hybridized carbons (Fsp3) is 0. The molecule has 0 atom stereocenters. The first-order valence-electron chi connectivity index (χ1n) is 5.76. The number of nitrogen functional groups attached to an aromatic ring is 1. The van der Waals surface area contributed by atoms with E-state index in [4.69, 9.17) is 24.7 Å². The molecule has 1 aliphatic heterocycles. The Bertz CT molecular complexity index is 743. The van der Waals surface area contributed by atoms with E-state index in [1.807, 2.05) is 0 Å². The van der Waals surface area contributed by atoms with Crippen molar-refractivity contribution in [3.63, 3.8) is 0 Å². The van der Waals surface area contributed by atoms with Gasteiger partial charge in [0.15, 0.2) is 5.75 Å². The Hall–Kier alpha value is -3.02. The number of hydrogen-bond acceptors (Lipinski definition) is 5. The molecule has 6 nitrogen and oxygen atoms in total. The van der Waals surface area contributed by atoms with Crippen molar-refractivity contribution >= 4 is 11.8 Å². The number of nitrogens with two attached hydrogens (primary N) is 1. The van der Waals surface area contributed by atoms with Gasteiger partial charge in [-0.1, -0.05) is 0 Å². The van der Waals surface area contributed by atoms with Gasteiger partial charge in [0.25, 0.3) is 0 Å². The second-order valence-electron chi connectivity index (χ2n) is 4.09. The molecule has 2 heterocycles. The van der Waals surface area contributed by atoms with Gasteiger partial charge in [-0.2, -0.15) is 0 Å². The number of ether oxygens (including phenoxy) is 1. The summed E-state index contributed by atoms with van der Waals surface area (Å²) in [5.74, 6) is -0.586. The number of hydrogen-bond donors (Lipinski definition) is 2. The summed E-state index contributed by atoms with van der Waals surface area (Å²) in [4.78, 5) is 11.9. The zero-order valence-electron chi connectivity index (χ0n) is 10.3.